The number of anilines is 10. The minimum Gasteiger partial charge on any atom is -0.382 e. The van der Waals surface area contributed by atoms with E-state index in [4.69, 9.17) is 4.74 Å². The number of aromatic amines is 11. The summed E-state index contributed by atoms with van der Waals surface area (Å²) in [4.78, 5) is 76.1. The van der Waals surface area contributed by atoms with Gasteiger partial charge in [0, 0.05) is 125 Å². The summed E-state index contributed by atoms with van der Waals surface area (Å²) in [5.74, 6) is 4.04. The fourth-order valence-corrected chi connectivity index (χ4v) is 17.2. The SMILES string of the molecule is Cc1cnc(NC2CCC(Nc3ccc4c(=O)[nH][nH]c4c3)C2)s1.Cn1cnc(NC2CCC(Nc3ccc4c(=O)[nH][nH]c4c3)C2)c1.O=c1[nH][nH]c2cc(NC3CCC(Nc4cc(C5CC5)[nH]n4)C3)ccc12.O=c1[nH][nH]c2cc(NC3CCC(Nc4ccccn4)C3)ccc12.O=c1[nH][nH]c2cc(NC3COCC(Nc4nccnn4)C3)ccc12. The summed E-state index contributed by atoms with van der Waals surface area (Å²) in [6.45, 7) is 3.29. The van der Waals surface area contributed by atoms with Crippen molar-refractivity contribution in [2.45, 2.75) is 170 Å². The lowest BCUT2D eigenvalue weighted by molar-refractivity contribution is 0.0783. The van der Waals surface area contributed by atoms with Crippen LogP contribution in [0, 0.1) is 6.92 Å². The average molecular weight is 1620 g/mol. The van der Waals surface area contributed by atoms with Gasteiger partial charge in [0.05, 0.1) is 98.5 Å². The Kier molecular flexibility index (Phi) is 23.1. The summed E-state index contributed by atoms with van der Waals surface area (Å²) in [7, 11) is 1.97. The summed E-state index contributed by atoms with van der Waals surface area (Å²) in [6.07, 6.45) is 27.3. The molecule has 0 radical (unpaired) electrons. The highest BCUT2D eigenvalue weighted by Gasteiger charge is 2.31. The van der Waals surface area contributed by atoms with Gasteiger partial charge in [-0.2, -0.15) is 10.2 Å². The minimum absolute atomic E-state index is 0.0729. The van der Waals surface area contributed by atoms with Crippen molar-refractivity contribution in [2.24, 2.45) is 7.05 Å². The van der Waals surface area contributed by atoms with E-state index in [1.165, 1.54) is 29.6 Å². The highest BCUT2D eigenvalue weighted by atomic mass is 32.1. The molecule has 36 heteroatoms. The predicted molar refractivity (Wildman–Crippen MR) is 464 cm³/mol. The second-order valence-electron chi connectivity index (χ2n) is 31.5. The van der Waals surface area contributed by atoms with E-state index in [-0.39, 0.29) is 39.9 Å². The average Bonchev–Trinajstić information content (AvgIpc) is 1.37. The molecule has 21 N–H and O–H groups in total. The summed E-state index contributed by atoms with van der Waals surface area (Å²) >= 11 is 1.70. The molecule has 11 heterocycles. The topological polar surface area (TPSA) is 484 Å². The largest absolute Gasteiger partial charge is 0.382 e. The molecule has 5 aromatic carbocycles. The number of benzene rings is 5. The third-order valence-corrected chi connectivity index (χ3v) is 23.3. The number of nitrogens with zero attached hydrogens (tertiary/aromatic N) is 8. The lowest BCUT2D eigenvalue weighted by Crippen LogP contribution is -2.41. The molecule has 0 bridgehead atoms. The summed E-state index contributed by atoms with van der Waals surface area (Å²) in [5.41, 5.74) is 10.1. The van der Waals surface area contributed by atoms with Crippen molar-refractivity contribution in [3.8, 4) is 0 Å². The van der Waals surface area contributed by atoms with Gasteiger partial charge in [-0.05, 0) is 206 Å². The van der Waals surface area contributed by atoms with Crippen molar-refractivity contribution in [3.05, 3.63) is 215 Å². The van der Waals surface area contributed by atoms with Gasteiger partial charge in [0.1, 0.15) is 17.5 Å². The molecule has 1 aliphatic heterocycles. The van der Waals surface area contributed by atoms with Gasteiger partial charge in [0.2, 0.25) is 5.95 Å². The standard InChI is InChI=1S/C18H22N6O.C17H19N5O.C16H20N6O.C16H19N5OS.C15H17N7O2/c25-18-14-6-5-13(8-16(14)22-24-18)19-11-3-4-12(7-11)20-17-9-15(21-23-17)10-1-2-10;23-17-14-7-6-13(10-15(14)21-22-17)19-11-4-5-12(9-11)20-16-3-1-2-8-18-16;1-22-8-15(17-9-22)19-11-3-2-10(6-11)18-12-4-5-13-14(7-12)20-21-16(13)23;1-9-8-17-16(23-9)19-11-3-2-10(6-11)18-12-4-5-13-14(7-12)20-21-15(13)22;23-14-12-2-1-9(6-13(12)20-21-14)18-10-5-11(8-24-7-10)19-15-16-3-4-17-22-15/h5-6,8-12,19H,1-4,7H2,(H2,20,21,23)(H2,22,24,25);1-3,6-8,10-12,19H,4-5,9H2,(H,18,20)(H2,21,22,23);4-5,7-11,18-19H,2-3,6H2,1H3,(H2,20,21,23);4-5,7-8,10-11,18H,2-3,6H2,1H3,(H,17,19)(H2,20,21,22);1-4,6,10-11,18H,5,7-8H2,(H,16,19,22)(H2,20,21,23). The van der Waals surface area contributed by atoms with Gasteiger partial charge < -0.3 is 62.5 Å². The number of hydrogen-bond donors (Lipinski definition) is 21. The molecule has 6 aliphatic rings. The van der Waals surface area contributed by atoms with E-state index in [9.17, 15) is 24.0 Å². The fraction of sp³-hybridized carbons (Fsp3) is 0.366. The summed E-state index contributed by atoms with van der Waals surface area (Å²) in [5, 5.41) is 82.2. The quantitative estimate of drug-likeness (QED) is 0.0318. The number of rotatable bonds is 21. The second-order valence-corrected chi connectivity index (χ2v) is 32.7. The van der Waals surface area contributed by atoms with Crippen molar-refractivity contribution < 1.29 is 4.74 Å². The molecule has 6 fully saturated rings. The van der Waals surface area contributed by atoms with E-state index in [1.54, 1.807) is 36.1 Å². The van der Waals surface area contributed by atoms with Crippen LogP contribution in [0.2, 0.25) is 0 Å². The lowest BCUT2D eigenvalue weighted by Gasteiger charge is -2.30. The Morgan fingerprint density at radius 3 is 1.19 bits per heavy atom. The van der Waals surface area contributed by atoms with Gasteiger partial charge in [-0.1, -0.05) is 6.07 Å². The normalized spacial score (nSPS) is 21.3. The third kappa shape index (κ3) is 19.6. The van der Waals surface area contributed by atoms with Crippen LogP contribution in [-0.4, -0.2) is 170 Å². The summed E-state index contributed by atoms with van der Waals surface area (Å²) in [6, 6.07) is 40.7. The van der Waals surface area contributed by atoms with Crippen LogP contribution >= 0.6 is 11.3 Å². The lowest BCUT2D eigenvalue weighted by atomic mass is 10.1. The Hall–Kier alpha value is -13.4. The van der Waals surface area contributed by atoms with Gasteiger partial charge in [0.25, 0.3) is 27.8 Å². The molecule has 10 unspecified atom stereocenters. The second kappa shape index (κ2) is 35.4. The van der Waals surface area contributed by atoms with Crippen LogP contribution in [0.3, 0.4) is 0 Å². The maximum atomic E-state index is 11.6. The molecule has 10 atom stereocenters. The highest BCUT2D eigenvalue weighted by molar-refractivity contribution is 7.15. The number of pyridine rings is 1. The van der Waals surface area contributed by atoms with E-state index >= 15 is 0 Å². The first kappa shape index (κ1) is 77.2. The Labute approximate surface area is 677 Å². The van der Waals surface area contributed by atoms with Crippen LogP contribution in [0.5, 0.6) is 0 Å². The molecule has 5 saturated carbocycles. The number of H-pyrrole nitrogens is 11. The van der Waals surface area contributed by atoms with Crippen molar-refractivity contribution in [3.63, 3.8) is 0 Å². The molecule has 10 aromatic heterocycles. The maximum Gasteiger partial charge on any atom is 0.271 e. The molecule has 0 spiro atoms. The van der Waals surface area contributed by atoms with E-state index in [1.807, 2.05) is 127 Å². The Bertz CT molecular complexity index is 6010. The van der Waals surface area contributed by atoms with Crippen LogP contribution < -0.4 is 81.0 Å². The van der Waals surface area contributed by atoms with Crippen LogP contribution in [0.1, 0.15) is 113 Å². The predicted octanol–water partition coefficient (Wildman–Crippen LogP) is 11.4. The number of fused-ring (bicyclic) bond motifs is 5. The number of nitrogens with one attached hydrogen (secondary N) is 21. The zero-order valence-corrected chi connectivity index (χ0v) is 66.1. The molecule has 0 amide bonds. The molecule has 35 nitrogen and oxygen atoms in total. The van der Waals surface area contributed by atoms with E-state index in [2.05, 4.69) is 157 Å². The van der Waals surface area contributed by atoms with Gasteiger partial charge in [-0.25, -0.2) is 19.9 Å². The van der Waals surface area contributed by atoms with Crippen LogP contribution in [0.25, 0.3) is 54.5 Å². The smallest absolute Gasteiger partial charge is 0.271 e. The maximum absolute atomic E-state index is 11.6. The van der Waals surface area contributed by atoms with E-state index in [0.717, 1.165) is 162 Å². The number of aryl methyl sites for hydroxylation is 2. The number of ether oxygens (including phenoxy) is 1. The zero-order chi connectivity index (χ0) is 80.4. The monoisotopic (exact) mass is 1620 g/mol. The molecule has 21 rings (SSSR count). The third-order valence-electron chi connectivity index (χ3n) is 22.5. The molecule has 612 valence electrons. The molecule has 118 heavy (non-hydrogen) atoms. The van der Waals surface area contributed by atoms with Crippen molar-refractivity contribution in [1.29, 1.82) is 0 Å². The van der Waals surface area contributed by atoms with Crippen molar-refractivity contribution in [1.82, 2.24) is 95.9 Å². The number of aromatic nitrogens is 19. The number of thiazole rings is 1. The molecule has 1 saturated heterocycles. The first-order valence-corrected chi connectivity index (χ1v) is 41.2. The van der Waals surface area contributed by atoms with Crippen LogP contribution in [0.4, 0.5) is 57.0 Å². The van der Waals surface area contributed by atoms with Gasteiger partial charge >= 0.3 is 0 Å². The van der Waals surface area contributed by atoms with Gasteiger partial charge in [0.15, 0.2) is 5.13 Å². The Balaban J connectivity index is 0.000000106. The first-order chi connectivity index (χ1) is 57.6. The summed E-state index contributed by atoms with van der Waals surface area (Å²) < 4.78 is 7.61. The van der Waals surface area contributed by atoms with Crippen molar-refractivity contribution >= 4 is 123 Å². The van der Waals surface area contributed by atoms with E-state index in [0.29, 0.717) is 100 Å². The van der Waals surface area contributed by atoms with E-state index < -0.39 is 0 Å². The molecular formula is C82H97N29O6S. The fourth-order valence-electron chi connectivity index (χ4n) is 16.5. The van der Waals surface area contributed by atoms with Gasteiger partial charge in [-0.3, -0.25) is 80.1 Å². The Morgan fingerprint density at radius 1 is 0.390 bits per heavy atom. The Morgan fingerprint density at radius 2 is 0.797 bits per heavy atom. The van der Waals surface area contributed by atoms with Crippen molar-refractivity contribution in [2.75, 3.05) is 66.4 Å². The first-order valence-electron chi connectivity index (χ1n) is 40.4. The molecule has 5 aliphatic carbocycles. The number of imidazole rings is 1. The number of hydrogen-bond acceptors (Lipinski definition) is 24. The van der Waals surface area contributed by atoms with Crippen LogP contribution in [0.15, 0.2) is 177 Å². The van der Waals surface area contributed by atoms with Gasteiger partial charge in [-0.15, -0.1) is 16.4 Å². The molecule has 15 aromatic rings. The van der Waals surface area contributed by atoms with Crippen LogP contribution in [-0.2, 0) is 11.8 Å². The zero-order valence-electron chi connectivity index (χ0n) is 65.2. The molecular weight excluding hydrogens is 1520 g/mol. The minimum atomic E-state index is -0.113. The highest BCUT2D eigenvalue weighted by Crippen LogP contribution is 2.40.